The van der Waals surface area contributed by atoms with Crippen molar-refractivity contribution in [2.45, 2.75) is 46.3 Å². The molecule has 0 aromatic rings. The van der Waals surface area contributed by atoms with Gasteiger partial charge in [-0.2, -0.15) is 0 Å². The molecule has 2 nitrogen and oxygen atoms in total. The highest BCUT2D eigenvalue weighted by molar-refractivity contribution is 4.96. The first-order valence-electron chi connectivity index (χ1n) is 7.40. The molecule has 0 aromatic heterocycles. The number of fused-ring (bicyclic) bond motifs is 3. The normalized spacial score (nSPS) is 46.9. The quantitative estimate of drug-likeness (QED) is 0.735. The minimum absolute atomic E-state index is 0.123. The van der Waals surface area contributed by atoms with E-state index < -0.39 is 0 Å². The monoisotopic (exact) mass is 238 g/mol. The first-order valence-corrected chi connectivity index (χ1v) is 7.40. The van der Waals surface area contributed by atoms with Crippen LogP contribution in [0.1, 0.15) is 40.0 Å². The van der Waals surface area contributed by atoms with Crippen molar-refractivity contribution in [1.29, 1.82) is 0 Å². The maximum Gasteiger partial charge on any atom is 0.160 e. The smallest absolute Gasteiger partial charge is 0.160 e. The van der Waals surface area contributed by atoms with Crippen molar-refractivity contribution in [3.63, 3.8) is 0 Å². The van der Waals surface area contributed by atoms with Gasteiger partial charge in [-0.15, -0.1) is 0 Å². The van der Waals surface area contributed by atoms with Crippen LogP contribution in [0.5, 0.6) is 0 Å². The summed E-state index contributed by atoms with van der Waals surface area (Å²) in [5, 5.41) is 0. The third kappa shape index (κ3) is 2.04. The first kappa shape index (κ1) is 12.0. The number of rotatable bonds is 2. The molecule has 0 radical (unpaired) electrons. The van der Waals surface area contributed by atoms with Crippen molar-refractivity contribution in [1.82, 2.24) is 0 Å². The lowest BCUT2D eigenvalue weighted by atomic mass is 9.54. The van der Waals surface area contributed by atoms with Gasteiger partial charge in [0.2, 0.25) is 0 Å². The second kappa shape index (κ2) is 4.55. The molecule has 17 heavy (non-hydrogen) atoms. The average Bonchev–Trinajstić information content (AvgIpc) is 2.81. The maximum absolute atomic E-state index is 5.77. The Kier molecular flexibility index (Phi) is 3.20. The Morgan fingerprint density at radius 2 is 1.65 bits per heavy atom. The van der Waals surface area contributed by atoms with Crippen molar-refractivity contribution in [3.05, 3.63) is 0 Å². The van der Waals surface area contributed by atoms with Crippen molar-refractivity contribution in [2.75, 3.05) is 13.2 Å². The summed E-state index contributed by atoms with van der Waals surface area (Å²) < 4.78 is 11.5. The zero-order chi connectivity index (χ0) is 12.0. The van der Waals surface area contributed by atoms with Crippen LogP contribution in [0, 0.1) is 35.5 Å². The molecule has 5 atom stereocenters. The second-order valence-corrected chi connectivity index (χ2v) is 6.79. The van der Waals surface area contributed by atoms with Crippen LogP contribution < -0.4 is 0 Å². The first-order chi connectivity index (χ1) is 8.16. The van der Waals surface area contributed by atoms with Gasteiger partial charge in [-0.05, 0) is 48.9 Å². The molecule has 0 aromatic carbocycles. The van der Waals surface area contributed by atoms with E-state index in [4.69, 9.17) is 9.47 Å². The lowest BCUT2D eigenvalue weighted by molar-refractivity contribution is -0.153. The zero-order valence-corrected chi connectivity index (χ0v) is 11.4. The summed E-state index contributed by atoms with van der Waals surface area (Å²) in [6.45, 7) is 8.84. The van der Waals surface area contributed by atoms with E-state index in [1.165, 1.54) is 19.3 Å². The molecule has 4 rings (SSSR count). The van der Waals surface area contributed by atoms with E-state index in [1.807, 2.05) is 0 Å². The number of ether oxygens (including phenoxy) is 2. The second-order valence-electron chi connectivity index (χ2n) is 6.79. The van der Waals surface area contributed by atoms with Gasteiger partial charge in [0.15, 0.2) is 6.29 Å². The molecular weight excluding hydrogens is 212 g/mol. The Morgan fingerprint density at radius 1 is 0.941 bits per heavy atom. The molecule has 0 N–H and O–H groups in total. The van der Waals surface area contributed by atoms with Crippen LogP contribution in [-0.4, -0.2) is 19.5 Å². The van der Waals surface area contributed by atoms with Crippen LogP contribution in [0.15, 0.2) is 0 Å². The largest absolute Gasteiger partial charge is 0.350 e. The molecular formula is C15H26O2. The van der Waals surface area contributed by atoms with E-state index in [-0.39, 0.29) is 6.29 Å². The SMILES string of the molecule is CC(C)[C@@H]1C[C@H]2[C@H](C)C[C@@H]1C[C@@H]2C1OCCO1. The molecule has 0 amide bonds. The van der Waals surface area contributed by atoms with Crippen molar-refractivity contribution >= 4 is 0 Å². The molecule has 2 bridgehead atoms. The topological polar surface area (TPSA) is 18.5 Å². The van der Waals surface area contributed by atoms with E-state index >= 15 is 0 Å². The summed E-state index contributed by atoms with van der Waals surface area (Å²) >= 11 is 0. The number of hydrogen-bond donors (Lipinski definition) is 0. The van der Waals surface area contributed by atoms with Gasteiger partial charge in [0.05, 0.1) is 13.2 Å². The van der Waals surface area contributed by atoms with E-state index in [2.05, 4.69) is 20.8 Å². The highest BCUT2D eigenvalue weighted by atomic mass is 16.7. The zero-order valence-electron chi connectivity index (χ0n) is 11.4. The molecule has 1 heterocycles. The van der Waals surface area contributed by atoms with Crippen LogP contribution >= 0.6 is 0 Å². The van der Waals surface area contributed by atoms with E-state index in [0.29, 0.717) is 5.92 Å². The van der Waals surface area contributed by atoms with Gasteiger partial charge in [-0.1, -0.05) is 20.8 Å². The van der Waals surface area contributed by atoms with Gasteiger partial charge in [0, 0.05) is 5.92 Å². The van der Waals surface area contributed by atoms with Crippen LogP contribution in [0.2, 0.25) is 0 Å². The van der Waals surface area contributed by atoms with Crippen molar-refractivity contribution in [2.24, 2.45) is 35.5 Å². The highest BCUT2D eigenvalue weighted by Crippen LogP contribution is 2.54. The summed E-state index contributed by atoms with van der Waals surface area (Å²) in [7, 11) is 0. The minimum atomic E-state index is 0.123. The summed E-state index contributed by atoms with van der Waals surface area (Å²) in [6, 6.07) is 0. The lowest BCUT2D eigenvalue weighted by Crippen LogP contribution is -2.48. The highest BCUT2D eigenvalue weighted by Gasteiger charge is 2.49. The van der Waals surface area contributed by atoms with Crippen molar-refractivity contribution < 1.29 is 9.47 Å². The molecule has 0 spiro atoms. The molecule has 2 heteroatoms. The van der Waals surface area contributed by atoms with Crippen LogP contribution in [0.3, 0.4) is 0 Å². The van der Waals surface area contributed by atoms with Crippen LogP contribution in [0.4, 0.5) is 0 Å². The molecule has 0 unspecified atom stereocenters. The van der Waals surface area contributed by atoms with E-state index in [9.17, 15) is 0 Å². The Morgan fingerprint density at radius 3 is 2.24 bits per heavy atom. The Balaban J connectivity index is 1.74. The fraction of sp³-hybridized carbons (Fsp3) is 1.00. The molecule has 3 aliphatic carbocycles. The fourth-order valence-electron chi connectivity index (χ4n) is 4.71. The standard InChI is InChI=1S/C15H26O2/c1-9(2)12-8-13-10(3)6-11(12)7-14(13)15-16-4-5-17-15/h9-15H,4-8H2,1-3H3/t10-,11-,12+,13+,14+/m1/s1. The van der Waals surface area contributed by atoms with Crippen LogP contribution in [-0.2, 0) is 9.47 Å². The maximum atomic E-state index is 5.77. The Hall–Kier alpha value is -0.0800. The molecule has 1 saturated heterocycles. The average molecular weight is 238 g/mol. The van der Waals surface area contributed by atoms with Crippen molar-refractivity contribution in [3.8, 4) is 0 Å². The van der Waals surface area contributed by atoms with Gasteiger partial charge in [-0.3, -0.25) is 0 Å². The minimum Gasteiger partial charge on any atom is -0.350 e. The third-order valence-electron chi connectivity index (χ3n) is 5.53. The fourth-order valence-corrected chi connectivity index (χ4v) is 4.71. The Bertz CT molecular complexity index is 270. The predicted molar refractivity (Wildman–Crippen MR) is 67.5 cm³/mol. The van der Waals surface area contributed by atoms with Gasteiger partial charge in [-0.25, -0.2) is 0 Å². The van der Waals surface area contributed by atoms with Gasteiger partial charge in [0.1, 0.15) is 0 Å². The molecule has 4 aliphatic rings. The van der Waals surface area contributed by atoms with Gasteiger partial charge >= 0.3 is 0 Å². The van der Waals surface area contributed by atoms with Gasteiger partial charge < -0.3 is 9.47 Å². The summed E-state index contributed by atoms with van der Waals surface area (Å²) in [4.78, 5) is 0. The summed E-state index contributed by atoms with van der Waals surface area (Å²) in [5.41, 5.74) is 0. The van der Waals surface area contributed by atoms with Crippen LogP contribution in [0.25, 0.3) is 0 Å². The molecule has 3 saturated carbocycles. The Labute approximate surface area is 105 Å². The van der Waals surface area contributed by atoms with E-state index in [1.54, 1.807) is 0 Å². The van der Waals surface area contributed by atoms with E-state index in [0.717, 1.165) is 42.8 Å². The lowest BCUT2D eigenvalue weighted by Gasteiger charge is -2.53. The number of hydrogen-bond acceptors (Lipinski definition) is 2. The molecule has 98 valence electrons. The van der Waals surface area contributed by atoms with Gasteiger partial charge in [0.25, 0.3) is 0 Å². The third-order valence-corrected chi connectivity index (χ3v) is 5.53. The summed E-state index contributed by atoms with van der Waals surface area (Å²) in [6.07, 6.45) is 4.33. The molecule has 4 fully saturated rings. The predicted octanol–water partition coefficient (Wildman–Crippen LogP) is 3.31. The summed E-state index contributed by atoms with van der Waals surface area (Å²) in [5.74, 6) is 5.13. The molecule has 1 aliphatic heterocycles.